The molecular formula is C19H28FN3O. The smallest absolute Gasteiger partial charge is 0.193 e. The molecule has 0 atom stereocenters. The number of hydrogen-bond donors (Lipinski definition) is 1. The number of rotatable bonds is 5. The molecule has 0 bridgehead atoms. The first-order valence-corrected chi connectivity index (χ1v) is 9.00. The summed E-state index contributed by atoms with van der Waals surface area (Å²) in [6.07, 6.45) is 4.79. The van der Waals surface area contributed by atoms with Crippen LogP contribution < -0.4 is 5.32 Å². The summed E-state index contributed by atoms with van der Waals surface area (Å²) in [6, 6.07) is 6.95. The van der Waals surface area contributed by atoms with Crippen LogP contribution in [0.25, 0.3) is 0 Å². The van der Waals surface area contributed by atoms with E-state index in [1.54, 1.807) is 12.1 Å². The maximum atomic E-state index is 13.1. The molecule has 2 aliphatic rings. The van der Waals surface area contributed by atoms with Gasteiger partial charge in [-0.15, -0.1) is 0 Å². The molecule has 0 amide bonds. The zero-order chi connectivity index (χ0) is 17.0. The lowest BCUT2D eigenvalue weighted by atomic mass is 9.96. The summed E-state index contributed by atoms with van der Waals surface area (Å²) in [4.78, 5) is 6.77. The van der Waals surface area contributed by atoms with E-state index in [-0.39, 0.29) is 11.2 Å². The van der Waals surface area contributed by atoms with Crippen LogP contribution in [0.3, 0.4) is 0 Å². The second-order valence-electron chi connectivity index (χ2n) is 6.83. The number of guanidine groups is 1. The van der Waals surface area contributed by atoms with Crippen LogP contribution in [0.5, 0.6) is 0 Å². The Kier molecular flexibility index (Phi) is 5.39. The van der Waals surface area contributed by atoms with Crippen LogP contribution in [-0.2, 0) is 10.2 Å². The van der Waals surface area contributed by atoms with Gasteiger partial charge in [0.25, 0.3) is 0 Å². The Hall–Kier alpha value is -1.62. The standard InChI is InChI=1S/C19H28FN3O/c1-3-24-17-8-12-23(13-9-17)18(21-2)22-14-19(10-11-19)15-4-6-16(20)7-5-15/h4-7,17H,3,8-14H2,1-2H3,(H,21,22). The lowest BCUT2D eigenvalue weighted by Crippen LogP contribution is -2.48. The van der Waals surface area contributed by atoms with Gasteiger partial charge in [-0.2, -0.15) is 0 Å². The molecule has 0 spiro atoms. The van der Waals surface area contributed by atoms with Crippen LogP contribution in [0.4, 0.5) is 4.39 Å². The van der Waals surface area contributed by atoms with Crippen molar-refractivity contribution in [2.45, 2.75) is 44.1 Å². The maximum absolute atomic E-state index is 13.1. The van der Waals surface area contributed by atoms with Crippen molar-refractivity contribution in [3.8, 4) is 0 Å². The van der Waals surface area contributed by atoms with E-state index >= 15 is 0 Å². The van der Waals surface area contributed by atoms with Gasteiger partial charge < -0.3 is 15.0 Å². The summed E-state index contributed by atoms with van der Waals surface area (Å²) in [6.45, 7) is 5.66. The van der Waals surface area contributed by atoms with Gasteiger partial charge in [-0.25, -0.2) is 4.39 Å². The first-order valence-electron chi connectivity index (χ1n) is 9.00. The highest BCUT2D eigenvalue weighted by atomic mass is 19.1. The van der Waals surface area contributed by atoms with Gasteiger partial charge in [0.15, 0.2) is 5.96 Å². The van der Waals surface area contributed by atoms with Crippen molar-refractivity contribution in [3.63, 3.8) is 0 Å². The van der Waals surface area contributed by atoms with E-state index in [2.05, 4.69) is 22.1 Å². The largest absolute Gasteiger partial charge is 0.378 e. The fraction of sp³-hybridized carbons (Fsp3) is 0.632. The summed E-state index contributed by atoms with van der Waals surface area (Å²) >= 11 is 0. The van der Waals surface area contributed by atoms with Crippen molar-refractivity contribution in [2.75, 3.05) is 33.3 Å². The highest BCUT2D eigenvalue weighted by Gasteiger charge is 2.44. The fourth-order valence-electron chi connectivity index (χ4n) is 3.57. The van der Waals surface area contributed by atoms with Gasteiger partial charge in [0, 0.05) is 38.7 Å². The van der Waals surface area contributed by atoms with Crippen molar-refractivity contribution < 1.29 is 9.13 Å². The Morgan fingerprint density at radius 3 is 2.50 bits per heavy atom. The summed E-state index contributed by atoms with van der Waals surface area (Å²) in [5.41, 5.74) is 1.37. The van der Waals surface area contributed by atoms with Crippen LogP contribution in [0.15, 0.2) is 29.3 Å². The molecule has 1 saturated heterocycles. The minimum atomic E-state index is -0.171. The Balaban J connectivity index is 1.54. The quantitative estimate of drug-likeness (QED) is 0.665. The average Bonchev–Trinajstić information content (AvgIpc) is 3.39. The van der Waals surface area contributed by atoms with Crippen LogP contribution in [-0.4, -0.2) is 50.3 Å². The van der Waals surface area contributed by atoms with Gasteiger partial charge in [0.1, 0.15) is 5.82 Å². The molecule has 1 aromatic carbocycles. The van der Waals surface area contributed by atoms with E-state index in [0.717, 1.165) is 57.9 Å². The van der Waals surface area contributed by atoms with Gasteiger partial charge in [0.05, 0.1) is 6.10 Å². The van der Waals surface area contributed by atoms with Gasteiger partial charge in [0.2, 0.25) is 0 Å². The molecule has 1 saturated carbocycles. The number of hydrogen-bond acceptors (Lipinski definition) is 2. The van der Waals surface area contributed by atoms with E-state index in [0.29, 0.717) is 6.10 Å². The zero-order valence-corrected chi connectivity index (χ0v) is 14.7. The molecule has 2 fully saturated rings. The summed E-state index contributed by atoms with van der Waals surface area (Å²) in [7, 11) is 1.84. The van der Waals surface area contributed by atoms with Crippen LogP contribution in [0.2, 0.25) is 0 Å². The summed E-state index contributed by atoms with van der Waals surface area (Å²) in [5, 5.41) is 3.54. The molecular weight excluding hydrogens is 305 g/mol. The van der Waals surface area contributed by atoms with Gasteiger partial charge in [-0.3, -0.25) is 4.99 Å². The summed E-state index contributed by atoms with van der Waals surface area (Å²) < 4.78 is 18.9. The predicted octanol–water partition coefficient (Wildman–Crippen LogP) is 2.93. The van der Waals surface area contributed by atoms with Crippen molar-refractivity contribution in [2.24, 2.45) is 4.99 Å². The average molecular weight is 333 g/mol. The van der Waals surface area contributed by atoms with Crippen LogP contribution in [0.1, 0.15) is 38.2 Å². The molecule has 0 radical (unpaired) electrons. The van der Waals surface area contributed by atoms with E-state index in [4.69, 9.17) is 4.74 Å². The number of piperidine rings is 1. The second-order valence-corrected chi connectivity index (χ2v) is 6.83. The van der Waals surface area contributed by atoms with E-state index < -0.39 is 0 Å². The fourth-order valence-corrected chi connectivity index (χ4v) is 3.57. The number of nitrogens with one attached hydrogen (secondary N) is 1. The third-order valence-corrected chi connectivity index (χ3v) is 5.25. The molecule has 24 heavy (non-hydrogen) atoms. The Labute approximate surface area is 144 Å². The highest BCUT2D eigenvalue weighted by molar-refractivity contribution is 5.80. The number of aliphatic imine (C=N–C) groups is 1. The highest BCUT2D eigenvalue weighted by Crippen LogP contribution is 2.47. The molecule has 1 heterocycles. The number of nitrogens with zero attached hydrogens (tertiary/aromatic N) is 2. The Morgan fingerprint density at radius 2 is 1.96 bits per heavy atom. The number of halogens is 1. The monoisotopic (exact) mass is 333 g/mol. The van der Waals surface area contributed by atoms with Gasteiger partial charge in [-0.05, 0) is 50.3 Å². The van der Waals surface area contributed by atoms with Crippen LogP contribution in [0, 0.1) is 5.82 Å². The molecule has 132 valence electrons. The first kappa shape index (κ1) is 17.2. The molecule has 4 nitrogen and oxygen atoms in total. The molecule has 0 unspecified atom stereocenters. The Morgan fingerprint density at radius 1 is 1.29 bits per heavy atom. The van der Waals surface area contributed by atoms with Crippen molar-refractivity contribution in [1.82, 2.24) is 10.2 Å². The minimum absolute atomic E-state index is 0.146. The van der Waals surface area contributed by atoms with E-state index in [1.165, 1.54) is 5.56 Å². The minimum Gasteiger partial charge on any atom is -0.378 e. The molecule has 0 aromatic heterocycles. The number of benzene rings is 1. The molecule has 5 heteroatoms. The molecule has 1 aromatic rings. The van der Waals surface area contributed by atoms with Crippen molar-refractivity contribution >= 4 is 5.96 Å². The molecule has 1 aliphatic carbocycles. The first-order chi connectivity index (χ1) is 11.7. The SMILES string of the molecule is CCOC1CCN(C(=NC)NCC2(c3ccc(F)cc3)CC2)CC1. The predicted molar refractivity (Wildman–Crippen MR) is 94.9 cm³/mol. The van der Waals surface area contributed by atoms with Gasteiger partial charge in [-0.1, -0.05) is 12.1 Å². The third-order valence-electron chi connectivity index (χ3n) is 5.25. The number of likely N-dealkylation sites (tertiary alicyclic amines) is 1. The van der Waals surface area contributed by atoms with E-state index in [1.807, 2.05) is 19.2 Å². The number of ether oxygens (including phenoxy) is 1. The molecule has 1 N–H and O–H groups in total. The third kappa shape index (κ3) is 3.89. The zero-order valence-electron chi connectivity index (χ0n) is 14.7. The van der Waals surface area contributed by atoms with Gasteiger partial charge >= 0.3 is 0 Å². The van der Waals surface area contributed by atoms with Crippen LogP contribution >= 0.6 is 0 Å². The summed E-state index contributed by atoms with van der Waals surface area (Å²) in [5.74, 6) is 0.800. The topological polar surface area (TPSA) is 36.9 Å². The second kappa shape index (κ2) is 7.51. The van der Waals surface area contributed by atoms with Crippen molar-refractivity contribution in [1.29, 1.82) is 0 Å². The normalized spacial score (nSPS) is 21.0. The maximum Gasteiger partial charge on any atom is 0.193 e. The molecule has 1 aliphatic heterocycles. The van der Waals surface area contributed by atoms with Crippen molar-refractivity contribution in [3.05, 3.63) is 35.6 Å². The lowest BCUT2D eigenvalue weighted by molar-refractivity contribution is 0.0263. The Bertz CT molecular complexity index is 560. The molecule has 3 rings (SSSR count). The van der Waals surface area contributed by atoms with E-state index in [9.17, 15) is 4.39 Å². The lowest BCUT2D eigenvalue weighted by Gasteiger charge is -2.34.